The van der Waals surface area contributed by atoms with Crippen molar-refractivity contribution in [3.05, 3.63) is 83.6 Å². The van der Waals surface area contributed by atoms with Crippen molar-refractivity contribution in [2.75, 3.05) is 0 Å². The molecule has 4 heteroatoms. The van der Waals surface area contributed by atoms with E-state index in [0.29, 0.717) is 12.1 Å². The Hall–Kier alpha value is -3.40. The number of hydrogen-bond acceptors (Lipinski definition) is 2. The van der Waals surface area contributed by atoms with Gasteiger partial charge in [-0.15, -0.1) is 0 Å². The summed E-state index contributed by atoms with van der Waals surface area (Å²) in [5, 5.41) is 12.3. The molecule has 0 saturated heterocycles. The lowest BCUT2D eigenvalue weighted by Gasteiger charge is -2.08. The minimum absolute atomic E-state index is 0.211. The lowest BCUT2D eigenvalue weighted by molar-refractivity contribution is 0.0697. The second kappa shape index (κ2) is 5.91. The van der Waals surface area contributed by atoms with Crippen LogP contribution in [0, 0.1) is 0 Å². The first-order valence-electron chi connectivity index (χ1n) is 7.95. The van der Waals surface area contributed by atoms with E-state index in [0.717, 1.165) is 28.1 Å². The first kappa shape index (κ1) is 15.1. The first-order valence-corrected chi connectivity index (χ1v) is 7.95. The van der Waals surface area contributed by atoms with Crippen LogP contribution in [-0.2, 0) is 6.54 Å². The number of benzene rings is 3. The van der Waals surface area contributed by atoms with Gasteiger partial charge in [0, 0.05) is 29.2 Å². The third-order valence-corrected chi connectivity index (χ3v) is 4.45. The summed E-state index contributed by atoms with van der Waals surface area (Å²) in [6, 6.07) is 19.2. The van der Waals surface area contributed by atoms with Gasteiger partial charge in [0.1, 0.15) is 0 Å². The molecular weight excluding hydrogens is 314 g/mol. The summed E-state index contributed by atoms with van der Waals surface area (Å²) >= 11 is 0. The van der Waals surface area contributed by atoms with E-state index in [9.17, 15) is 14.7 Å². The highest BCUT2D eigenvalue weighted by atomic mass is 16.4. The summed E-state index contributed by atoms with van der Waals surface area (Å²) in [5.74, 6) is -0.979. The summed E-state index contributed by atoms with van der Waals surface area (Å²) in [7, 11) is 0. The number of rotatable bonds is 4. The van der Waals surface area contributed by atoms with Crippen LogP contribution in [0.5, 0.6) is 0 Å². The molecule has 1 N–H and O–H groups in total. The number of carbonyl (C=O) groups excluding carboxylic acids is 1. The average Bonchev–Trinajstić information content (AvgIpc) is 2.98. The highest BCUT2D eigenvalue weighted by molar-refractivity contribution is 6.01. The Morgan fingerprint density at radius 1 is 1.00 bits per heavy atom. The molecule has 1 heterocycles. The molecule has 0 unspecified atom stereocenters. The van der Waals surface area contributed by atoms with Crippen molar-refractivity contribution >= 4 is 33.9 Å². The molecule has 0 radical (unpaired) electrons. The zero-order chi connectivity index (χ0) is 17.4. The van der Waals surface area contributed by atoms with Gasteiger partial charge < -0.3 is 9.67 Å². The van der Waals surface area contributed by atoms with Crippen molar-refractivity contribution in [1.82, 2.24) is 4.57 Å². The number of carboxylic acid groups (broad SMARTS) is 1. The zero-order valence-corrected chi connectivity index (χ0v) is 13.3. The van der Waals surface area contributed by atoms with Crippen molar-refractivity contribution in [2.24, 2.45) is 0 Å². The molecule has 4 aromatic rings. The summed E-state index contributed by atoms with van der Waals surface area (Å²) in [6.07, 6.45) is 2.58. The average molecular weight is 329 g/mol. The highest BCUT2D eigenvalue weighted by Gasteiger charge is 2.12. The third-order valence-electron chi connectivity index (χ3n) is 4.45. The second-order valence-corrected chi connectivity index (χ2v) is 6.05. The molecule has 25 heavy (non-hydrogen) atoms. The van der Waals surface area contributed by atoms with Crippen LogP contribution in [0.25, 0.3) is 21.7 Å². The summed E-state index contributed by atoms with van der Waals surface area (Å²) in [4.78, 5) is 22.6. The third kappa shape index (κ3) is 2.68. The van der Waals surface area contributed by atoms with E-state index in [1.807, 2.05) is 16.7 Å². The van der Waals surface area contributed by atoms with Crippen molar-refractivity contribution in [3.63, 3.8) is 0 Å². The van der Waals surface area contributed by atoms with Crippen molar-refractivity contribution in [1.29, 1.82) is 0 Å². The molecule has 4 nitrogen and oxygen atoms in total. The Kier molecular flexibility index (Phi) is 3.58. The molecule has 0 spiro atoms. The standard InChI is InChI=1S/C21H15NO3/c23-13-18-12-22(20-10-17(21(24)25)7-8-19(18)20)11-14-5-6-15-3-1-2-4-16(15)9-14/h1-10,12-13H,11H2,(H,24,25). The predicted octanol–water partition coefficient (Wildman–Crippen LogP) is 4.35. The van der Waals surface area contributed by atoms with Gasteiger partial charge >= 0.3 is 5.97 Å². The van der Waals surface area contributed by atoms with Gasteiger partial charge in [0.2, 0.25) is 0 Å². The molecular formula is C21H15NO3. The second-order valence-electron chi connectivity index (χ2n) is 6.05. The number of aldehydes is 1. The number of carboxylic acids is 1. The molecule has 122 valence electrons. The monoisotopic (exact) mass is 329 g/mol. The minimum Gasteiger partial charge on any atom is -0.478 e. The van der Waals surface area contributed by atoms with Crippen LogP contribution in [0.1, 0.15) is 26.3 Å². The molecule has 0 aliphatic carbocycles. The lowest BCUT2D eigenvalue weighted by atomic mass is 10.1. The van der Waals surface area contributed by atoms with Gasteiger partial charge in [0.25, 0.3) is 0 Å². The largest absolute Gasteiger partial charge is 0.478 e. The van der Waals surface area contributed by atoms with Gasteiger partial charge in [0.15, 0.2) is 6.29 Å². The van der Waals surface area contributed by atoms with E-state index in [1.54, 1.807) is 18.3 Å². The molecule has 0 fully saturated rings. The first-order chi connectivity index (χ1) is 12.2. The van der Waals surface area contributed by atoms with Gasteiger partial charge in [0.05, 0.1) is 5.56 Å². The smallest absolute Gasteiger partial charge is 0.335 e. The van der Waals surface area contributed by atoms with E-state index in [2.05, 4.69) is 30.3 Å². The molecule has 1 aromatic heterocycles. The number of carbonyl (C=O) groups is 2. The fourth-order valence-corrected chi connectivity index (χ4v) is 3.21. The Morgan fingerprint density at radius 3 is 2.56 bits per heavy atom. The number of fused-ring (bicyclic) bond motifs is 2. The lowest BCUT2D eigenvalue weighted by Crippen LogP contribution is -2.00. The van der Waals surface area contributed by atoms with E-state index in [1.165, 1.54) is 11.5 Å². The molecule has 3 aromatic carbocycles. The fourth-order valence-electron chi connectivity index (χ4n) is 3.21. The number of aromatic nitrogens is 1. The van der Waals surface area contributed by atoms with E-state index < -0.39 is 5.97 Å². The van der Waals surface area contributed by atoms with Crippen molar-refractivity contribution in [3.8, 4) is 0 Å². The SMILES string of the molecule is O=Cc1cn(Cc2ccc3ccccc3c2)c2cc(C(=O)O)ccc12. The van der Waals surface area contributed by atoms with Gasteiger partial charge in [-0.1, -0.05) is 42.5 Å². The molecule has 4 rings (SSSR count). The van der Waals surface area contributed by atoms with E-state index >= 15 is 0 Å². The van der Waals surface area contributed by atoms with Gasteiger partial charge in [-0.3, -0.25) is 4.79 Å². The maximum Gasteiger partial charge on any atom is 0.335 e. The molecule has 0 aliphatic heterocycles. The maximum atomic E-state index is 11.4. The van der Waals surface area contributed by atoms with Crippen LogP contribution in [0.2, 0.25) is 0 Å². The van der Waals surface area contributed by atoms with E-state index in [-0.39, 0.29) is 5.56 Å². The van der Waals surface area contributed by atoms with Gasteiger partial charge in [-0.05, 0) is 34.5 Å². The molecule has 0 aliphatic rings. The summed E-state index contributed by atoms with van der Waals surface area (Å²) in [5.41, 5.74) is 2.61. The quantitative estimate of drug-likeness (QED) is 0.566. The van der Waals surface area contributed by atoms with Crippen molar-refractivity contribution < 1.29 is 14.7 Å². The molecule has 0 atom stereocenters. The summed E-state index contributed by atoms with van der Waals surface area (Å²) in [6.45, 7) is 0.568. The maximum absolute atomic E-state index is 11.4. The van der Waals surface area contributed by atoms with Crippen molar-refractivity contribution in [2.45, 2.75) is 6.54 Å². The van der Waals surface area contributed by atoms with E-state index in [4.69, 9.17) is 0 Å². The normalized spacial score (nSPS) is 11.0. The Labute approximate surface area is 143 Å². The predicted molar refractivity (Wildman–Crippen MR) is 97.3 cm³/mol. The van der Waals surface area contributed by atoms with Crippen LogP contribution in [0.3, 0.4) is 0 Å². The number of aromatic carboxylic acids is 1. The van der Waals surface area contributed by atoms with Crippen LogP contribution < -0.4 is 0 Å². The molecule has 0 saturated carbocycles. The Balaban J connectivity index is 1.82. The molecule has 0 bridgehead atoms. The Bertz CT molecular complexity index is 1120. The zero-order valence-electron chi connectivity index (χ0n) is 13.3. The number of nitrogens with zero attached hydrogens (tertiary/aromatic N) is 1. The van der Waals surface area contributed by atoms with Crippen LogP contribution in [0.15, 0.2) is 66.9 Å². The highest BCUT2D eigenvalue weighted by Crippen LogP contribution is 2.24. The Morgan fingerprint density at radius 2 is 1.80 bits per heavy atom. The number of hydrogen-bond donors (Lipinski definition) is 1. The van der Waals surface area contributed by atoms with Crippen LogP contribution in [0.4, 0.5) is 0 Å². The van der Waals surface area contributed by atoms with Gasteiger partial charge in [-0.25, -0.2) is 4.79 Å². The minimum atomic E-state index is -0.979. The molecule has 0 amide bonds. The van der Waals surface area contributed by atoms with Crippen LogP contribution in [-0.4, -0.2) is 21.9 Å². The summed E-state index contributed by atoms with van der Waals surface area (Å²) < 4.78 is 1.93. The fraction of sp³-hybridized carbons (Fsp3) is 0.0476. The van der Waals surface area contributed by atoms with Crippen LogP contribution >= 0.6 is 0 Å². The topological polar surface area (TPSA) is 59.3 Å². The van der Waals surface area contributed by atoms with Gasteiger partial charge in [-0.2, -0.15) is 0 Å².